The van der Waals surface area contributed by atoms with Crippen LogP contribution >= 0.6 is 0 Å². The van der Waals surface area contributed by atoms with Gasteiger partial charge >= 0.3 is 0 Å². The lowest BCUT2D eigenvalue weighted by molar-refractivity contribution is 0.121. The molecule has 1 aromatic heterocycles. The molecule has 100 valence electrons. The minimum Gasteiger partial charge on any atom is -0.481 e. The minimum atomic E-state index is 0.476. The van der Waals surface area contributed by atoms with E-state index in [1.54, 1.807) is 7.11 Å². The van der Waals surface area contributed by atoms with Crippen molar-refractivity contribution in [3.8, 4) is 5.88 Å². The molecule has 0 saturated carbocycles. The maximum absolute atomic E-state index is 5.87. The monoisotopic (exact) mass is 258 g/mol. The maximum Gasteiger partial charge on any atom is 0.213 e. The lowest BCUT2D eigenvalue weighted by Crippen LogP contribution is -2.03. The van der Waals surface area contributed by atoms with Crippen LogP contribution in [0, 0.1) is 0 Å². The van der Waals surface area contributed by atoms with Crippen LogP contribution in [0.4, 0.5) is 5.69 Å². The van der Waals surface area contributed by atoms with Crippen molar-refractivity contribution in [2.45, 2.75) is 13.0 Å². The van der Waals surface area contributed by atoms with Crippen molar-refractivity contribution in [2.75, 3.05) is 19.5 Å². The zero-order valence-electron chi connectivity index (χ0n) is 11.0. The quantitative estimate of drug-likeness (QED) is 0.638. The van der Waals surface area contributed by atoms with Crippen LogP contribution < -0.4 is 10.5 Å². The number of aromatic nitrogens is 1. The standard InChI is InChI=1S/C15H18N2O2/c1-18-15-8-4-6-13(17-15)11-19-10-9-12-5-2-3-7-14(12)16/h2-8H,9-11,16H2,1H3. The number of para-hydroxylation sites is 1. The summed E-state index contributed by atoms with van der Waals surface area (Å²) in [6.07, 6.45) is 0.802. The third-order valence-corrected chi connectivity index (χ3v) is 2.81. The number of methoxy groups -OCH3 is 1. The van der Waals surface area contributed by atoms with Crippen molar-refractivity contribution < 1.29 is 9.47 Å². The van der Waals surface area contributed by atoms with Crippen LogP contribution in [0.15, 0.2) is 42.5 Å². The first-order valence-corrected chi connectivity index (χ1v) is 6.20. The lowest BCUT2D eigenvalue weighted by atomic mass is 10.1. The van der Waals surface area contributed by atoms with Gasteiger partial charge in [0.15, 0.2) is 0 Å². The highest BCUT2D eigenvalue weighted by atomic mass is 16.5. The molecule has 0 saturated heterocycles. The smallest absolute Gasteiger partial charge is 0.213 e. The number of benzene rings is 1. The van der Waals surface area contributed by atoms with Crippen LogP contribution in [-0.4, -0.2) is 18.7 Å². The number of nitrogens with zero attached hydrogens (tertiary/aromatic N) is 1. The molecule has 1 heterocycles. The molecule has 0 spiro atoms. The fraction of sp³-hybridized carbons (Fsp3) is 0.267. The number of pyridine rings is 1. The maximum atomic E-state index is 5.87. The number of rotatable bonds is 6. The average molecular weight is 258 g/mol. The van der Waals surface area contributed by atoms with Gasteiger partial charge in [-0.15, -0.1) is 0 Å². The first-order chi connectivity index (χ1) is 9.29. The summed E-state index contributed by atoms with van der Waals surface area (Å²) < 4.78 is 10.7. The second-order valence-electron chi connectivity index (χ2n) is 4.17. The van der Waals surface area contributed by atoms with E-state index in [4.69, 9.17) is 15.2 Å². The summed E-state index contributed by atoms with van der Waals surface area (Å²) >= 11 is 0. The second kappa shape index (κ2) is 6.75. The summed E-state index contributed by atoms with van der Waals surface area (Å²) in [7, 11) is 1.60. The van der Waals surface area contributed by atoms with Gasteiger partial charge in [0.25, 0.3) is 0 Å². The first kappa shape index (κ1) is 13.4. The van der Waals surface area contributed by atoms with Gasteiger partial charge in [0, 0.05) is 11.8 Å². The molecule has 0 radical (unpaired) electrons. The first-order valence-electron chi connectivity index (χ1n) is 6.20. The van der Waals surface area contributed by atoms with Crippen LogP contribution in [0.2, 0.25) is 0 Å². The van der Waals surface area contributed by atoms with Gasteiger partial charge in [-0.2, -0.15) is 0 Å². The fourth-order valence-corrected chi connectivity index (χ4v) is 1.77. The molecular weight excluding hydrogens is 240 g/mol. The molecule has 1 aromatic carbocycles. The van der Waals surface area contributed by atoms with Gasteiger partial charge < -0.3 is 15.2 Å². The fourth-order valence-electron chi connectivity index (χ4n) is 1.77. The van der Waals surface area contributed by atoms with E-state index >= 15 is 0 Å². The van der Waals surface area contributed by atoms with Crippen LogP contribution in [0.3, 0.4) is 0 Å². The van der Waals surface area contributed by atoms with Gasteiger partial charge in [-0.1, -0.05) is 24.3 Å². The number of hydrogen-bond acceptors (Lipinski definition) is 4. The summed E-state index contributed by atoms with van der Waals surface area (Å²) in [4.78, 5) is 4.28. The van der Waals surface area contributed by atoms with Gasteiger partial charge in [-0.3, -0.25) is 0 Å². The molecule has 0 amide bonds. The van der Waals surface area contributed by atoms with Crippen molar-refractivity contribution in [3.63, 3.8) is 0 Å². The molecule has 0 aliphatic carbocycles. The topological polar surface area (TPSA) is 57.4 Å². The van der Waals surface area contributed by atoms with E-state index in [1.165, 1.54) is 0 Å². The Morgan fingerprint density at radius 2 is 1.95 bits per heavy atom. The van der Waals surface area contributed by atoms with Crippen molar-refractivity contribution in [3.05, 3.63) is 53.7 Å². The minimum absolute atomic E-state index is 0.476. The summed E-state index contributed by atoms with van der Waals surface area (Å²) in [6, 6.07) is 13.5. The van der Waals surface area contributed by atoms with Crippen LogP contribution in [0.1, 0.15) is 11.3 Å². The molecule has 2 N–H and O–H groups in total. The Bertz CT molecular complexity index is 529. The molecule has 0 atom stereocenters. The predicted octanol–water partition coefficient (Wildman–Crippen LogP) is 2.43. The summed E-state index contributed by atoms with van der Waals surface area (Å²) in [5, 5.41) is 0. The van der Waals surface area contributed by atoms with E-state index < -0.39 is 0 Å². The van der Waals surface area contributed by atoms with Gasteiger partial charge in [-0.05, 0) is 24.1 Å². The van der Waals surface area contributed by atoms with Gasteiger partial charge in [0.2, 0.25) is 5.88 Å². The molecule has 4 nitrogen and oxygen atoms in total. The van der Waals surface area contributed by atoms with Crippen LogP contribution in [0.25, 0.3) is 0 Å². The Kier molecular flexibility index (Phi) is 4.75. The number of ether oxygens (including phenoxy) is 2. The Labute approximate surface area is 113 Å². The highest BCUT2D eigenvalue weighted by Gasteiger charge is 2.00. The van der Waals surface area contributed by atoms with E-state index in [0.717, 1.165) is 23.4 Å². The van der Waals surface area contributed by atoms with Crippen molar-refractivity contribution in [1.82, 2.24) is 4.98 Å². The Balaban J connectivity index is 1.79. The number of hydrogen-bond donors (Lipinski definition) is 1. The zero-order chi connectivity index (χ0) is 13.5. The highest BCUT2D eigenvalue weighted by Crippen LogP contribution is 2.12. The summed E-state index contributed by atoms with van der Waals surface area (Å²) in [5.41, 5.74) is 8.65. The van der Waals surface area contributed by atoms with E-state index in [0.29, 0.717) is 19.1 Å². The molecule has 0 aliphatic rings. The van der Waals surface area contributed by atoms with Gasteiger partial charge in [0.1, 0.15) is 0 Å². The molecule has 4 heteroatoms. The molecule has 19 heavy (non-hydrogen) atoms. The van der Waals surface area contributed by atoms with E-state index in [9.17, 15) is 0 Å². The third-order valence-electron chi connectivity index (χ3n) is 2.81. The van der Waals surface area contributed by atoms with Crippen LogP contribution in [-0.2, 0) is 17.8 Å². The number of anilines is 1. The Morgan fingerprint density at radius 1 is 1.11 bits per heavy atom. The largest absolute Gasteiger partial charge is 0.481 e. The molecule has 0 aliphatic heterocycles. The Hall–Kier alpha value is -2.07. The molecule has 0 fully saturated rings. The van der Waals surface area contributed by atoms with Crippen molar-refractivity contribution in [1.29, 1.82) is 0 Å². The highest BCUT2D eigenvalue weighted by molar-refractivity contribution is 5.46. The van der Waals surface area contributed by atoms with Crippen molar-refractivity contribution in [2.24, 2.45) is 0 Å². The molecule has 2 rings (SSSR count). The normalized spacial score (nSPS) is 10.4. The van der Waals surface area contributed by atoms with Gasteiger partial charge in [0.05, 0.1) is 26.0 Å². The van der Waals surface area contributed by atoms with Gasteiger partial charge in [-0.25, -0.2) is 4.98 Å². The molecule has 0 unspecified atom stereocenters. The molecule has 2 aromatic rings. The molecule has 0 bridgehead atoms. The second-order valence-corrected chi connectivity index (χ2v) is 4.17. The molecular formula is C15H18N2O2. The SMILES string of the molecule is COc1cccc(COCCc2ccccc2N)n1. The summed E-state index contributed by atoms with van der Waals surface area (Å²) in [6.45, 7) is 1.09. The third kappa shape index (κ3) is 3.96. The number of nitrogen functional groups attached to an aromatic ring is 1. The average Bonchev–Trinajstić information content (AvgIpc) is 2.45. The zero-order valence-corrected chi connectivity index (χ0v) is 11.0. The summed E-state index contributed by atoms with van der Waals surface area (Å²) in [5.74, 6) is 0.605. The lowest BCUT2D eigenvalue weighted by Gasteiger charge is -2.07. The van der Waals surface area contributed by atoms with Crippen molar-refractivity contribution >= 4 is 5.69 Å². The van der Waals surface area contributed by atoms with Crippen LogP contribution in [0.5, 0.6) is 5.88 Å². The van der Waals surface area contributed by atoms with E-state index in [-0.39, 0.29) is 0 Å². The predicted molar refractivity (Wildman–Crippen MR) is 75.0 cm³/mol. The number of nitrogens with two attached hydrogens (primary N) is 1. The Morgan fingerprint density at radius 3 is 2.74 bits per heavy atom. The van der Waals surface area contributed by atoms with E-state index in [1.807, 2.05) is 42.5 Å². The van der Waals surface area contributed by atoms with E-state index in [2.05, 4.69) is 4.98 Å².